The minimum Gasteiger partial charge on any atom is -0.341 e. The number of hydrogen-bond acceptors (Lipinski definition) is 5. The van der Waals surface area contributed by atoms with Gasteiger partial charge in [0.25, 0.3) is 12.3 Å². The summed E-state index contributed by atoms with van der Waals surface area (Å²) in [6.07, 6.45) is -2.73. The van der Waals surface area contributed by atoms with E-state index in [2.05, 4.69) is 25.4 Å². The summed E-state index contributed by atoms with van der Waals surface area (Å²) >= 11 is 0. The Balaban J connectivity index is 1.49. The van der Waals surface area contributed by atoms with E-state index in [4.69, 9.17) is 4.52 Å². The fraction of sp³-hybridized carbons (Fsp3) is 0.158. The molecule has 4 rings (SSSR count). The van der Waals surface area contributed by atoms with Crippen molar-refractivity contribution in [1.29, 1.82) is 0 Å². The number of H-pyrrole nitrogens is 1. The molecule has 1 amide bonds. The lowest BCUT2D eigenvalue weighted by atomic mass is 10.1. The van der Waals surface area contributed by atoms with Gasteiger partial charge in [-0.15, -0.1) is 0 Å². The second kappa shape index (κ2) is 7.38. The number of carbonyl (C=O) groups excluding carboxylic acids is 1. The number of benzene rings is 2. The van der Waals surface area contributed by atoms with E-state index in [1.54, 1.807) is 6.92 Å². The highest BCUT2D eigenvalue weighted by molar-refractivity contribution is 5.97. The maximum absolute atomic E-state index is 13.0. The molecule has 1 unspecified atom stereocenters. The van der Waals surface area contributed by atoms with E-state index in [1.165, 1.54) is 42.5 Å². The molecular weight excluding hydrogens is 387 g/mol. The first kappa shape index (κ1) is 18.7. The van der Waals surface area contributed by atoms with Gasteiger partial charge in [0.15, 0.2) is 5.82 Å². The zero-order chi connectivity index (χ0) is 20.5. The molecule has 0 fully saturated rings. The zero-order valence-corrected chi connectivity index (χ0v) is 15.0. The molecule has 2 aromatic heterocycles. The predicted molar refractivity (Wildman–Crippen MR) is 96.6 cm³/mol. The van der Waals surface area contributed by atoms with Crippen LogP contribution >= 0.6 is 0 Å². The van der Waals surface area contributed by atoms with Gasteiger partial charge in [0.2, 0.25) is 11.7 Å². The van der Waals surface area contributed by atoms with E-state index < -0.39 is 24.2 Å². The van der Waals surface area contributed by atoms with Crippen LogP contribution in [0, 0.1) is 5.82 Å². The fourth-order valence-electron chi connectivity index (χ4n) is 2.74. The molecule has 2 heterocycles. The minimum absolute atomic E-state index is 0.167. The number of alkyl halides is 2. The number of rotatable bonds is 5. The maximum atomic E-state index is 13.0. The first-order valence-electron chi connectivity index (χ1n) is 8.59. The molecular formula is C19H14F3N5O2. The van der Waals surface area contributed by atoms with Crippen LogP contribution in [0.1, 0.15) is 41.5 Å². The molecule has 2 aromatic carbocycles. The Morgan fingerprint density at radius 3 is 2.62 bits per heavy atom. The number of carbonyl (C=O) groups is 1. The molecule has 10 heteroatoms. The number of nitrogens with zero attached hydrogens (tertiary/aromatic N) is 3. The molecule has 1 atom stereocenters. The SMILES string of the molecule is CC(NC(=O)c1ccc2nc(C(F)F)[nH]c2c1)c1nc(-c2ccc(F)cc2)no1. The van der Waals surface area contributed by atoms with Crippen LogP contribution in [0.5, 0.6) is 0 Å². The number of hydrogen-bond donors (Lipinski definition) is 2. The van der Waals surface area contributed by atoms with Crippen LogP contribution in [-0.2, 0) is 0 Å². The van der Waals surface area contributed by atoms with Crippen molar-refractivity contribution in [2.45, 2.75) is 19.4 Å². The van der Waals surface area contributed by atoms with Gasteiger partial charge in [-0.3, -0.25) is 4.79 Å². The highest BCUT2D eigenvalue weighted by atomic mass is 19.3. The largest absolute Gasteiger partial charge is 0.341 e. The van der Waals surface area contributed by atoms with Gasteiger partial charge in [0, 0.05) is 11.1 Å². The van der Waals surface area contributed by atoms with Gasteiger partial charge in [-0.1, -0.05) is 5.16 Å². The summed E-state index contributed by atoms with van der Waals surface area (Å²) in [6, 6.07) is 9.38. The predicted octanol–water partition coefficient (Wildman–Crippen LogP) is 4.18. The zero-order valence-electron chi connectivity index (χ0n) is 15.0. The third-order valence-electron chi connectivity index (χ3n) is 4.23. The van der Waals surface area contributed by atoms with Crippen molar-refractivity contribution in [3.8, 4) is 11.4 Å². The molecule has 2 N–H and O–H groups in total. The third-order valence-corrected chi connectivity index (χ3v) is 4.23. The molecule has 29 heavy (non-hydrogen) atoms. The Morgan fingerprint density at radius 1 is 1.14 bits per heavy atom. The molecule has 0 aliphatic carbocycles. The van der Waals surface area contributed by atoms with E-state index in [0.29, 0.717) is 16.6 Å². The molecule has 0 saturated heterocycles. The molecule has 4 aromatic rings. The summed E-state index contributed by atoms with van der Waals surface area (Å²) < 4.78 is 43.7. The second-order valence-electron chi connectivity index (χ2n) is 6.31. The Bertz CT molecular complexity index is 1170. The van der Waals surface area contributed by atoms with Gasteiger partial charge in [0.1, 0.15) is 11.9 Å². The minimum atomic E-state index is -2.73. The number of halogens is 3. The Kier molecular flexibility index (Phi) is 4.75. The van der Waals surface area contributed by atoms with Crippen LogP contribution in [0.4, 0.5) is 13.2 Å². The van der Waals surface area contributed by atoms with Gasteiger partial charge >= 0.3 is 0 Å². The average Bonchev–Trinajstić information content (AvgIpc) is 3.35. The van der Waals surface area contributed by atoms with Gasteiger partial charge < -0.3 is 14.8 Å². The van der Waals surface area contributed by atoms with E-state index >= 15 is 0 Å². The van der Waals surface area contributed by atoms with E-state index in [0.717, 1.165) is 0 Å². The van der Waals surface area contributed by atoms with Crippen molar-refractivity contribution < 1.29 is 22.5 Å². The van der Waals surface area contributed by atoms with Gasteiger partial charge in [-0.25, -0.2) is 18.2 Å². The highest BCUT2D eigenvalue weighted by Gasteiger charge is 2.19. The van der Waals surface area contributed by atoms with Crippen LogP contribution in [0.3, 0.4) is 0 Å². The molecule has 148 valence electrons. The standard InChI is InChI=1S/C19H14F3N5O2/c1-9(19-26-16(27-29-19)10-2-5-12(20)6-3-10)23-18(28)11-4-7-13-14(8-11)25-17(24-13)15(21)22/h2-9,15H,1H3,(H,23,28)(H,24,25). The number of imidazole rings is 1. The highest BCUT2D eigenvalue weighted by Crippen LogP contribution is 2.22. The first-order valence-corrected chi connectivity index (χ1v) is 8.59. The summed E-state index contributed by atoms with van der Waals surface area (Å²) in [6.45, 7) is 1.66. The number of nitrogens with one attached hydrogen (secondary N) is 2. The Morgan fingerprint density at radius 2 is 1.90 bits per heavy atom. The summed E-state index contributed by atoms with van der Waals surface area (Å²) in [4.78, 5) is 23.0. The number of fused-ring (bicyclic) bond motifs is 1. The van der Waals surface area contributed by atoms with Crippen molar-refractivity contribution in [1.82, 2.24) is 25.4 Å². The lowest BCUT2D eigenvalue weighted by molar-refractivity contribution is 0.0932. The van der Waals surface area contributed by atoms with Gasteiger partial charge in [-0.05, 0) is 49.4 Å². The third kappa shape index (κ3) is 3.82. The summed E-state index contributed by atoms with van der Waals surface area (Å²) in [5.41, 5.74) is 1.49. The second-order valence-corrected chi connectivity index (χ2v) is 6.31. The molecule has 0 bridgehead atoms. The van der Waals surface area contributed by atoms with Gasteiger partial charge in [0.05, 0.1) is 11.0 Å². The summed E-state index contributed by atoms with van der Waals surface area (Å²) in [5, 5.41) is 6.54. The lowest BCUT2D eigenvalue weighted by Crippen LogP contribution is -2.26. The van der Waals surface area contributed by atoms with E-state index in [-0.39, 0.29) is 23.1 Å². The smallest absolute Gasteiger partial charge is 0.295 e. The number of aromatic nitrogens is 4. The molecule has 0 aliphatic rings. The number of amides is 1. The van der Waals surface area contributed by atoms with E-state index in [1.807, 2.05) is 0 Å². The van der Waals surface area contributed by atoms with Crippen LogP contribution in [-0.4, -0.2) is 26.0 Å². The first-order chi connectivity index (χ1) is 13.9. The van der Waals surface area contributed by atoms with Crippen LogP contribution in [0.25, 0.3) is 22.4 Å². The van der Waals surface area contributed by atoms with Crippen molar-refractivity contribution in [3.05, 3.63) is 65.6 Å². The molecule has 0 radical (unpaired) electrons. The van der Waals surface area contributed by atoms with Crippen LogP contribution in [0.15, 0.2) is 47.0 Å². The normalized spacial score (nSPS) is 12.4. The Labute approximate surface area is 162 Å². The van der Waals surface area contributed by atoms with Crippen LogP contribution in [0.2, 0.25) is 0 Å². The van der Waals surface area contributed by atoms with Crippen molar-refractivity contribution in [2.75, 3.05) is 0 Å². The van der Waals surface area contributed by atoms with Gasteiger partial charge in [-0.2, -0.15) is 4.98 Å². The Hall–Kier alpha value is -3.69. The quantitative estimate of drug-likeness (QED) is 0.523. The van der Waals surface area contributed by atoms with Crippen molar-refractivity contribution in [3.63, 3.8) is 0 Å². The summed E-state index contributed by atoms with van der Waals surface area (Å²) in [7, 11) is 0. The lowest BCUT2D eigenvalue weighted by Gasteiger charge is -2.09. The van der Waals surface area contributed by atoms with Crippen molar-refractivity contribution >= 4 is 16.9 Å². The number of aromatic amines is 1. The fourth-order valence-corrected chi connectivity index (χ4v) is 2.74. The average molecular weight is 401 g/mol. The van der Waals surface area contributed by atoms with E-state index in [9.17, 15) is 18.0 Å². The summed E-state index contributed by atoms with van der Waals surface area (Å²) in [5.74, 6) is -0.855. The molecule has 7 nitrogen and oxygen atoms in total. The molecule has 0 spiro atoms. The van der Waals surface area contributed by atoms with Crippen LogP contribution < -0.4 is 5.32 Å². The topological polar surface area (TPSA) is 96.7 Å². The van der Waals surface area contributed by atoms with Crippen molar-refractivity contribution in [2.24, 2.45) is 0 Å². The molecule has 0 saturated carbocycles. The maximum Gasteiger partial charge on any atom is 0.295 e. The molecule has 0 aliphatic heterocycles. The monoisotopic (exact) mass is 401 g/mol.